The van der Waals surface area contributed by atoms with Crippen LogP contribution in [0.2, 0.25) is 0 Å². The van der Waals surface area contributed by atoms with Crippen molar-refractivity contribution in [3.05, 3.63) is 0 Å². The Hall–Kier alpha value is -0.570. The third-order valence-electron chi connectivity index (χ3n) is 1.86. The predicted octanol–water partition coefficient (Wildman–Crippen LogP) is 2.38. The molecule has 0 aromatic carbocycles. The molecule has 3 nitrogen and oxygen atoms in total. The molecular formula is C11H24N2O. The monoisotopic (exact) mass is 200 g/mol. The van der Waals surface area contributed by atoms with Gasteiger partial charge in [0.25, 0.3) is 0 Å². The Kier molecular flexibility index (Phi) is 7.48. The first-order valence-corrected chi connectivity index (χ1v) is 5.38. The van der Waals surface area contributed by atoms with Gasteiger partial charge in [-0.05, 0) is 26.4 Å². The second-order valence-corrected chi connectivity index (χ2v) is 4.25. The smallest absolute Gasteiger partial charge is 0.119 e. The maximum Gasteiger partial charge on any atom is 0.119 e. The number of hydrogen-bond donors (Lipinski definition) is 0. The predicted molar refractivity (Wildman–Crippen MR) is 61.7 cm³/mol. The van der Waals surface area contributed by atoms with Crippen LogP contribution in [-0.4, -0.2) is 37.9 Å². The van der Waals surface area contributed by atoms with Gasteiger partial charge in [0.05, 0.1) is 5.71 Å². The Morgan fingerprint density at radius 3 is 2.43 bits per heavy atom. The van der Waals surface area contributed by atoms with Crippen molar-refractivity contribution in [2.45, 2.75) is 33.6 Å². The van der Waals surface area contributed by atoms with Crippen molar-refractivity contribution < 1.29 is 4.84 Å². The van der Waals surface area contributed by atoms with Crippen LogP contribution in [0.1, 0.15) is 33.6 Å². The molecule has 0 aliphatic carbocycles. The van der Waals surface area contributed by atoms with Crippen molar-refractivity contribution in [3.63, 3.8) is 0 Å². The van der Waals surface area contributed by atoms with Crippen LogP contribution < -0.4 is 0 Å². The molecule has 0 amide bonds. The molecule has 0 saturated heterocycles. The van der Waals surface area contributed by atoms with E-state index in [1.807, 2.05) is 0 Å². The molecule has 84 valence electrons. The average Bonchev–Trinajstić information content (AvgIpc) is 2.10. The zero-order chi connectivity index (χ0) is 11.0. The van der Waals surface area contributed by atoms with Gasteiger partial charge in [-0.3, -0.25) is 0 Å². The van der Waals surface area contributed by atoms with E-state index in [-0.39, 0.29) is 0 Å². The lowest BCUT2D eigenvalue weighted by atomic mass is 10.2. The van der Waals surface area contributed by atoms with Gasteiger partial charge in [-0.2, -0.15) is 0 Å². The number of rotatable bonds is 7. The Bertz CT molecular complexity index is 165. The van der Waals surface area contributed by atoms with Crippen LogP contribution in [0.3, 0.4) is 0 Å². The largest absolute Gasteiger partial charge is 0.396 e. The van der Waals surface area contributed by atoms with Gasteiger partial charge in [0.2, 0.25) is 0 Å². The van der Waals surface area contributed by atoms with Crippen LogP contribution in [-0.2, 0) is 4.84 Å². The standard InChI is InChI=1S/C11H24N2O/c1-6-11(7-8-13(4)5)12-14-9-10(2)3/h10H,6-9H2,1-5H3/b12-11-. The molecule has 0 heterocycles. The first-order valence-electron chi connectivity index (χ1n) is 5.38. The van der Waals surface area contributed by atoms with Crippen molar-refractivity contribution in [2.24, 2.45) is 11.1 Å². The molecule has 0 fully saturated rings. The molecule has 0 aliphatic heterocycles. The molecule has 0 spiro atoms. The van der Waals surface area contributed by atoms with E-state index in [1.54, 1.807) is 0 Å². The van der Waals surface area contributed by atoms with E-state index in [9.17, 15) is 0 Å². The Morgan fingerprint density at radius 1 is 1.36 bits per heavy atom. The summed E-state index contributed by atoms with van der Waals surface area (Å²) in [7, 11) is 4.14. The summed E-state index contributed by atoms with van der Waals surface area (Å²) in [6.45, 7) is 8.12. The third kappa shape index (κ3) is 8.05. The van der Waals surface area contributed by atoms with Crippen LogP contribution in [0.4, 0.5) is 0 Å². The maximum atomic E-state index is 5.25. The fourth-order valence-corrected chi connectivity index (χ4v) is 0.917. The molecule has 14 heavy (non-hydrogen) atoms. The van der Waals surface area contributed by atoms with E-state index in [0.717, 1.165) is 25.1 Å². The minimum atomic E-state index is 0.547. The molecule has 0 radical (unpaired) electrons. The summed E-state index contributed by atoms with van der Waals surface area (Å²) in [5.41, 5.74) is 1.15. The minimum Gasteiger partial charge on any atom is -0.396 e. The highest BCUT2D eigenvalue weighted by atomic mass is 16.6. The highest BCUT2D eigenvalue weighted by molar-refractivity contribution is 5.83. The van der Waals surface area contributed by atoms with Crippen molar-refractivity contribution in [2.75, 3.05) is 27.2 Å². The maximum absolute atomic E-state index is 5.25. The van der Waals surface area contributed by atoms with E-state index in [1.165, 1.54) is 0 Å². The summed E-state index contributed by atoms with van der Waals surface area (Å²) in [5, 5.41) is 4.14. The average molecular weight is 200 g/mol. The SMILES string of the molecule is CC/C(CCN(C)C)=N/OCC(C)C. The number of nitrogens with zero attached hydrogens (tertiary/aromatic N) is 2. The summed E-state index contributed by atoms with van der Waals surface area (Å²) in [4.78, 5) is 7.41. The summed E-state index contributed by atoms with van der Waals surface area (Å²) in [5.74, 6) is 0.547. The van der Waals surface area contributed by atoms with Gasteiger partial charge >= 0.3 is 0 Å². The zero-order valence-corrected chi connectivity index (χ0v) is 10.2. The molecule has 0 aromatic rings. The van der Waals surface area contributed by atoms with Crippen LogP contribution in [0.5, 0.6) is 0 Å². The van der Waals surface area contributed by atoms with Gasteiger partial charge in [0.15, 0.2) is 0 Å². The van der Waals surface area contributed by atoms with Gasteiger partial charge in [0.1, 0.15) is 6.61 Å². The fourth-order valence-electron chi connectivity index (χ4n) is 0.917. The molecule has 0 N–H and O–H groups in total. The molecule has 3 heteroatoms. The van der Waals surface area contributed by atoms with E-state index < -0.39 is 0 Å². The molecular weight excluding hydrogens is 176 g/mol. The lowest BCUT2D eigenvalue weighted by Crippen LogP contribution is -2.16. The van der Waals surface area contributed by atoms with Crippen LogP contribution >= 0.6 is 0 Å². The Labute approximate surface area is 88.1 Å². The van der Waals surface area contributed by atoms with Crippen molar-refractivity contribution in [1.29, 1.82) is 0 Å². The Morgan fingerprint density at radius 2 is 2.00 bits per heavy atom. The summed E-state index contributed by atoms with van der Waals surface area (Å²) in [6.07, 6.45) is 1.98. The Balaban J connectivity index is 3.75. The topological polar surface area (TPSA) is 24.8 Å². The highest BCUT2D eigenvalue weighted by Crippen LogP contribution is 1.98. The van der Waals surface area contributed by atoms with Crippen LogP contribution in [0.25, 0.3) is 0 Å². The normalized spacial score (nSPS) is 12.6. The summed E-state index contributed by atoms with van der Waals surface area (Å²) >= 11 is 0. The van der Waals surface area contributed by atoms with Gasteiger partial charge < -0.3 is 9.74 Å². The third-order valence-corrected chi connectivity index (χ3v) is 1.86. The second kappa shape index (κ2) is 7.80. The van der Waals surface area contributed by atoms with E-state index in [0.29, 0.717) is 12.5 Å². The number of oxime groups is 1. The number of hydrogen-bond acceptors (Lipinski definition) is 3. The zero-order valence-electron chi connectivity index (χ0n) is 10.2. The fraction of sp³-hybridized carbons (Fsp3) is 0.909. The van der Waals surface area contributed by atoms with Crippen molar-refractivity contribution >= 4 is 5.71 Å². The summed E-state index contributed by atoms with van der Waals surface area (Å²) < 4.78 is 0. The van der Waals surface area contributed by atoms with Gasteiger partial charge in [-0.15, -0.1) is 0 Å². The minimum absolute atomic E-state index is 0.547. The lowest BCUT2D eigenvalue weighted by molar-refractivity contribution is 0.117. The van der Waals surface area contributed by atoms with E-state index >= 15 is 0 Å². The molecule has 0 aliphatic rings. The van der Waals surface area contributed by atoms with Gasteiger partial charge in [0, 0.05) is 13.0 Å². The van der Waals surface area contributed by atoms with Gasteiger partial charge in [-0.25, -0.2) is 0 Å². The first-order chi connectivity index (χ1) is 6.56. The quantitative estimate of drug-likeness (QED) is 0.465. The van der Waals surface area contributed by atoms with Crippen molar-refractivity contribution in [1.82, 2.24) is 4.90 Å². The molecule has 0 rings (SSSR count). The molecule has 0 saturated carbocycles. The van der Waals surface area contributed by atoms with Crippen molar-refractivity contribution in [3.8, 4) is 0 Å². The summed E-state index contributed by atoms with van der Waals surface area (Å²) in [6, 6.07) is 0. The van der Waals surface area contributed by atoms with Gasteiger partial charge in [-0.1, -0.05) is 25.9 Å². The second-order valence-electron chi connectivity index (χ2n) is 4.25. The van der Waals surface area contributed by atoms with Crippen LogP contribution in [0.15, 0.2) is 5.16 Å². The lowest BCUT2D eigenvalue weighted by Gasteiger charge is -2.10. The molecule has 0 atom stereocenters. The van der Waals surface area contributed by atoms with Crippen LogP contribution in [0, 0.1) is 5.92 Å². The first kappa shape index (κ1) is 13.4. The molecule has 0 aromatic heterocycles. The van der Waals surface area contributed by atoms with E-state index in [4.69, 9.17) is 4.84 Å². The van der Waals surface area contributed by atoms with E-state index in [2.05, 4.69) is 44.9 Å². The molecule has 0 bridgehead atoms. The molecule has 0 unspecified atom stereocenters. The highest BCUT2D eigenvalue weighted by Gasteiger charge is 1.99.